The van der Waals surface area contributed by atoms with Crippen molar-refractivity contribution in [1.82, 2.24) is 9.97 Å². The number of thioether (sulfide) groups is 1. The molecule has 0 aromatic carbocycles. The molecule has 1 aromatic heterocycles. The Kier molecular flexibility index (Phi) is 5.27. The Labute approximate surface area is 109 Å². The van der Waals surface area contributed by atoms with Gasteiger partial charge >= 0.3 is 11.8 Å². The number of nitrogens with one attached hydrogen (secondary N) is 2. The van der Waals surface area contributed by atoms with Crippen molar-refractivity contribution < 1.29 is 9.53 Å². The Bertz CT molecular complexity index is 521. The first-order valence-corrected chi connectivity index (χ1v) is 6.38. The van der Waals surface area contributed by atoms with Gasteiger partial charge in [-0.15, -0.1) is 6.42 Å². The van der Waals surface area contributed by atoms with Gasteiger partial charge in [0.1, 0.15) is 6.61 Å². The van der Waals surface area contributed by atoms with Gasteiger partial charge in [-0.25, -0.2) is 9.59 Å². The summed E-state index contributed by atoms with van der Waals surface area (Å²) < 4.78 is 4.95. The Hall–Kier alpha value is -1.94. The first-order chi connectivity index (χ1) is 8.56. The molecule has 0 aliphatic rings. The summed E-state index contributed by atoms with van der Waals surface area (Å²) >= 11 is 1.58. The van der Waals surface area contributed by atoms with Gasteiger partial charge in [-0.2, -0.15) is 16.7 Å². The third-order valence-electron chi connectivity index (χ3n) is 2.04. The quantitative estimate of drug-likeness (QED) is 0.797. The Morgan fingerprint density at radius 2 is 2.50 bits per heavy atom. The van der Waals surface area contributed by atoms with Crippen LogP contribution in [-0.4, -0.2) is 34.2 Å². The van der Waals surface area contributed by atoms with E-state index in [1.807, 2.05) is 13.2 Å². The molecular weight excluding hydrogens is 254 g/mol. The second-order valence-corrected chi connectivity index (χ2v) is 4.66. The molecule has 1 atom stereocenters. The fraction of sp³-hybridized carbons (Fsp3) is 0.364. The summed E-state index contributed by atoms with van der Waals surface area (Å²) in [6.07, 6.45) is 7.74. The van der Waals surface area contributed by atoms with E-state index in [2.05, 4.69) is 21.2 Å². The van der Waals surface area contributed by atoms with E-state index < -0.39 is 11.8 Å². The van der Waals surface area contributed by atoms with Gasteiger partial charge < -0.3 is 9.72 Å². The maximum absolute atomic E-state index is 11.4. The third kappa shape index (κ3) is 4.14. The first kappa shape index (κ1) is 14.1. The number of amides is 1. The zero-order chi connectivity index (χ0) is 13.5. The monoisotopic (exact) mass is 267 g/mol. The molecule has 0 bridgehead atoms. The number of terminal acetylenes is 1. The number of carbonyl (C=O) groups excluding carboxylic acids is 1. The zero-order valence-corrected chi connectivity index (χ0v) is 10.8. The number of hydrogen-bond acceptors (Lipinski definition) is 5. The highest BCUT2D eigenvalue weighted by atomic mass is 32.2. The molecule has 96 valence electrons. The summed E-state index contributed by atoms with van der Waals surface area (Å²) in [6.45, 7) is 2.19. The SMILES string of the molecule is C#Cc1c[nH]c(=O)nc1NC(=O)OCC(C)SC. The van der Waals surface area contributed by atoms with Crippen molar-refractivity contribution in [2.45, 2.75) is 12.2 Å². The lowest BCUT2D eigenvalue weighted by atomic mass is 10.3. The van der Waals surface area contributed by atoms with E-state index in [9.17, 15) is 9.59 Å². The molecule has 0 saturated carbocycles. The minimum atomic E-state index is -0.689. The molecule has 2 N–H and O–H groups in total. The van der Waals surface area contributed by atoms with Crippen LogP contribution in [0.2, 0.25) is 0 Å². The van der Waals surface area contributed by atoms with E-state index in [1.165, 1.54) is 6.20 Å². The number of carbonyl (C=O) groups is 1. The van der Waals surface area contributed by atoms with Crippen molar-refractivity contribution in [3.63, 3.8) is 0 Å². The van der Waals surface area contributed by atoms with Crippen LogP contribution in [0, 0.1) is 12.3 Å². The van der Waals surface area contributed by atoms with Crippen LogP contribution in [0.15, 0.2) is 11.0 Å². The van der Waals surface area contributed by atoms with Gasteiger partial charge in [0.25, 0.3) is 0 Å². The summed E-state index contributed by atoms with van der Waals surface area (Å²) in [4.78, 5) is 28.4. The molecule has 1 unspecified atom stereocenters. The maximum Gasteiger partial charge on any atom is 0.412 e. The lowest BCUT2D eigenvalue weighted by Crippen LogP contribution is -2.22. The van der Waals surface area contributed by atoms with E-state index in [4.69, 9.17) is 11.2 Å². The lowest BCUT2D eigenvalue weighted by Gasteiger charge is -2.10. The first-order valence-electron chi connectivity index (χ1n) is 5.09. The van der Waals surface area contributed by atoms with E-state index >= 15 is 0 Å². The van der Waals surface area contributed by atoms with Crippen LogP contribution in [-0.2, 0) is 4.74 Å². The summed E-state index contributed by atoms with van der Waals surface area (Å²) in [6, 6.07) is 0. The molecule has 7 heteroatoms. The van der Waals surface area contributed by atoms with E-state index in [0.717, 1.165) is 0 Å². The molecular formula is C11H13N3O3S. The number of ether oxygens (including phenoxy) is 1. The Morgan fingerprint density at radius 3 is 3.11 bits per heavy atom. The molecule has 0 aliphatic carbocycles. The van der Waals surface area contributed by atoms with Gasteiger partial charge in [-0.05, 0) is 6.26 Å². The minimum Gasteiger partial charge on any atom is -0.448 e. The van der Waals surface area contributed by atoms with Crippen molar-refractivity contribution >= 4 is 23.7 Å². The van der Waals surface area contributed by atoms with Crippen molar-refractivity contribution in [2.24, 2.45) is 0 Å². The maximum atomic E-state index is 11.4. The van der Waals surface area contributed by atoms with Crippen LogP contribution in [0.3, 0.4) is 0 Å². The third-order valence-corrected chi connectivity index (χ3v) is 2.98. The lowest BCUT2D eigenvalue weighted by molar-refractivity contribution is 0.163. The predicted octanol–water partition coefficient (Wildman–Crippen LogP) is 1.05. The second kappa shape index (κ2) is 6.71. The summed E-state index contributed by atoms with van der Waals surface area (Å²) in [5, 5.41) is 2.53. The number of aromatic nitrogens is 2. The molecule has 18 heavy (non-hydrogen) atoms. The van der Waals surface area contributed by atoms with Gasteiger partial charge in [-0.3, -0.25) is 5.32 Å². The van der Waals surface area contributed by atoms with Crippen molar-refractivity contribution in [1.29, 1.82) is 0 Å². The summed E-state index contributed by atoms with van der Waals surface area (Å²) in [5.41, 5.74) is -0.314. The topological polar surface area (TPSA) is 84.1 Å². The molecule has 0 saturated heterocycles. The zero-order valence-electron chi connectivity index (χ0n) is 10.0. The van der Waals surface area contributed by atoms with Gasteiger partial charge in [-0.1, -0.05) is 12.8 Å². The van der Waals surface area contributed by atoms with Crippen molar-refractivity contribution in [2.75, 3.05) is 18.2 Å². The standard InChI is InChI=1S/C11H13N3O3S/c1-4-8-5-12-10(15)13-9(8)14-11(16)17-6-7(2)18-3/h1,5,7H,6H2,2-3H3,(H2,12,13,14,15,16). The second-order valence-electron chi connectivity index (χ2n) is 3.38. The fourth-order valence-electron chi connectivity index (χ4n) is 0.995. The molecule has 0 aliphatic heterocycles. The van der Waals surface area contributed by atoms with Crippen molar-refractivity contribution in [3.05, 3.63) is 22.2 Å². The number of hydrogen-bond donors (Lipinski definition) is 2. The number of anilines is 1. The largest absolute Gasteiger partial charge is 0.448 e. The number of nitrogens with zero attached hydrogens (tertiary/aromatic N) is 1. The van der Waals surface area contributed by atoms with Crippen LogP contribution in [0.25, 0.3) is 0 Å². The summed E-state index contributed by atoms with van der Waals surface area (Å²) in [5.74, 6) is 2.31. The molecule has 0 fully saturated rings. The Balaban J connectivity index is 2.67. The Morgan fingerprint density at radius 1 is 1.78 bits per heavy atom. The van der Waals surface area contributed by atoms with E-state index in [0.29, 0.717) is 0 Å². The van der Waals surface area contributed by atoms with Crippen LogP contribution in [0.5, 0.6) is 0 Å². The van der Waals surface area contributed by atoms with Gasteiger partial charge in [0.05, 0.1) is 5.56 Å². The van der Waals surface area contributed by atoms with E-state index in [1.54, 1.807) is 11.8 Å². The van der Waals surface area contributed by atoms with Crippen molar-refractivity contribution in [3.8, 4) is 12.3 Å². The predicted molar refractivity (Wildman–Crippen MR) is 70.7 cm³/mol. The number of rotatable bonds is 4. The molecule has 0 spiro atoms. The molecule has 1 rings (SSSR count). The summed E-state index contributed by atoms with van der Waals surface area (Å²) in [7, 11) is 0. The van der Waals surface area contributed by atoms with Crippen LogP contribution >= 0.6 is 11.8 Å². The van der Waals surface area contributed by atoms with Crippen LogP contribution < -0.4 is 11.0 Å². The molecule has 1 heterocycles. The van der Waals surface area contributed by atoms with Gasteiger partial charge in [0.15, 0.2) is 5.82 Å². The number of aromatic amines is 1. The average Bonchev–Trinajstić information content (AvgIpc) is 2.36. The number of H-pyrrole nitrogens is 1. The molecule has 0 radical (unpaired) electrons. The molecule has 1 amide bonds. The van der Waals surface area contributed by atoms with Gasteiger partial charge in [0, 0.05) is 11.4 Å². The van der Waals surface area contributed by atoms with Gasteiger partial charge in [0.2, 0.25) is 0 Å². The van der Waals surface area contributed by atoms with Crippen LogP contribution in [0.1, 0.15) is 12.5 Å². The highest BCUT2D eigenvalue weighted by Gasteiger charge is 2.10. The average molecular weight is 267 g/mol. The van der Waals surface area contributed by atoms with E-state index in [-0.39, 0.29) is 23.2 Å². The fourth-order valence-corrected chi connectivity index (χ4v) is 1.20. The normalized spacial score (nSPS) is 11.4. The van der Waals surface area contributed by atoms with Crippen LogP contribution in [0.4, 0.5) is 10.6 Å². The minimum absolute atomic E-state index is 0.0167. The molecule has 1 aromatic rings. The molecule has 6 nitrogen and oxygen atoms in total. The highest BCUT2D eigenvalue weighted by molar-refractivity contribution is 7.99. The smallest absolute Gasteiger partial charge is 0.412 e. The highest BCUT2D eigenvalue weighted by Crippen LogP contribution is 2.08.